The monoisotopic (exact) mass is 205 g/mol. The summed E-state index contributed by atoms with van der Waals surface area (Å²) in [5, 5.41) is 9.95. The van der Waals surface area contributed by atoms with Gasteiger partial charge in [-0.2, -0.15) is 0 Å². The van der Waals surface area contributed by atoms with Gasteiger partial charge in [0, 0.05) is 31.5 Å². The maximum absolute atomic E-state index is 9.95. The summed E-state index contributed by atoms with van der Waals surface area (Å²) in [6.45, 7) is 2.63. The summed E-state index contributed by atoms with van der Waals surface area (Å²) in [5.41, 5.74) is 0.738. The van der Waals surface area contributed by atoms with E-state index in [1.54, 1.807) is 0 Å². The molecule has 0 aromatic heterocycles. The van der Waals surface area contributed by atoms with Crippen LogP contribution >= 0.6 is 0 Å². The first-order valence-corrected chi connectivity index (χ1v) is 4.90. The van der Waals surface area contributed by atoms with Crippen molar-refractivity contribution < 1.29 is 9.84 Å². The number of hydrogen-bond acceptors (Lipinski definition) is 3. The highest BCUT2D eigenvalue weighted by Crippen LogP contribution is 2.15. The summed E-state index contributed by atoms with van der Waals surface area (Å²) in [5.74, 6) is 5.23. The van der Waals surface area contributed by atoms with Gasteiger partial charge in [0.1, 0.15) is 0 Å². The lowest BCUT2D eigenvalue weighted by atomic mass is 10.1. The van der Waals surface area contributed by atoms with Crippen LogP contribution in [0.2, 0.25) is 0 Å². The van der Waals surface area contributed by atoms with Crippen LogP contribution in [-0.4, -0.2) is 36.3 Å². The first-order valence-electron chi connectivity index (χ1n) is 4.90. The normalized spacial score (nSPS) is 15.2. The zero-order chi connectivity index (χ0) is 11.1. The van der Waals surface area contributed by atoms with Gasteiger partial charge >= 0.3 is 0 Å². The Balaban J connectivity index is 2.73. The third kappa shape index (κ3) is 3.23. The molecule has 3 nitrogen and oxygen atoms in total. The minimum atomic E-state index is 0.231. The van der Waals surface area contributed by atoms with Crippen molar-refractivity contribution in [1.82, 2.24) is 4.90 Å². The molecule has 0 unspecified atom stereocenters. The van der Waals surface area contributed by atoms with E-state index in [4.69, 9.17) is 17.6 Å². The molecule has 1 fully saturated rings. The van der Waals surface area contributed by atoms with Gasteiger partial charge in [-0.05, 0) is 0 Å². The SMILES string of the molecule is C#CCC(CC#C)=C(O)N1CCOCC1. The van der Waals surface area contributed by atoms with Crippen molar-refractivity contribution in [3.05, 3.63) is 11.5 Å². The average Bonchev–Trinajstić information content (AvgIpc) is 2.29. The van der Waals surface area contributed by atoms with Crippen molar-refractivity contribution in [3.8, 4) is 24.7 Å². The fraction of sp³-hybridized carbons (Fsp3) is 0.500. The lowest BCUT2D eigenvalue weighted by molar-refractivity contribution is 0.0301. The maximum atomic E-state index is 9.95. The van der Waals surface area contributed by atoms with Crippen LogP contribution in [0, 0.1) is 24.7 Å². The molecule has 0 amide bonds. The Bertz CT molecular complexity index is 295. The standard InChI is InChI=1S/C12H15NO2/c1-3-5-11(6-4-2)12(14)13-7-9-15-10-8-13/h1-2,14H,5-10H2. The molecular formula is C12H15NO2. The maximum Gasteiger partial charge on any atom is 0.188 e. The Morgan fingerprint density at radius 2 is 1.73 bits per heavy atom. The Labute approximate surface area is 90.7 Å². The topological polar surface area (TPSA) is 32.7 Å². The van der Waals surface area contributed by atoms with Crippen molar-refractivity contribution in [1.29, 1.82) is 0 Å². The van der Waals surface area contributed by atoms with E-state index in [1.807, 2.05) is 4.90 Å². The Morgan fingerprint density at radius 3 is 2.20 bits per heavy atom. The number of aliphatic hydroxyl groups excluding tert-OH is 1. The van der Waals surface area contributed by atoms with Crippen LogP contribution in [0.4, 0.5) is 0 Å². The van der Waals surface area contributed by atoms with E-state index in [0.717, 1.165) is 5.57 Å². The van der Waals surface area contributed by atoms with E-state index in [0.29, 0.717) is 39.1 Å². The van der Waals surface area contributed by atoms with Gasteiger partial charge in [-0.15, -0.1) is 24.7 Å². The Hall–Kier alpha value is -1.58. The Morgan fingerprint density at radius 1 is 1.20 bits per heavy atom. The molecule has 1 rings (SSSR count). The smallest absolute Gasteiger partial charge is 0.188 e. The molecule has 0 aromatic rings. The number of nitrogens with zero attached hydrogens (tertiary/aromatic N) is 1. The minimum absolute atomic E-state index is 0.231. The van der Waals surface area contributed by atoms with E-state index in [1.165, 1.54) is 0 Å². The van der Waals surface area contributed by atoms with Crippen LogP contribution in [0.25, 0.3) is 0 Å². The average molecular weight is 205 g/mol. The van der Waals surface area contributed by atoms with E-state index < -0.39 is 0 Å². The molecule has 1 N–H and O–H groups in total. The molecule has 1 aliphatic heterocycles. The second-order valence-corrected chi connectivity index (χ2v) is 3.29. The van der Waals surface area contributed by atoms with Crippen LogP contribution in [-0.2, 0) is 4.74 Å². The zero-order valence-electron chi connectivity index (χ0n) is 8.70. The number of terminal acetylenes is 2. The third-order valence-electron chi connectivity index (χ3n) is 2.26. The van der Waals surface area contributed by atoms with E-state index >= 15 is 0 Å². The molecule has 1 heterocycles. The predicted molar refractivity (Wildman–Crippen MR) is 58.9 cm³/mol. The van der Waals surface area contributed by atoms with Gasteiger partial charge in [-0.3, -0.25) is 0 Å². The number of morpholine rings is 1. The summed E-state index contributed by atoms with van der Waals surface area (Å²) in [6.07, 6.45) is 11.2. The number of aliphatic hydroxyl groups is 1. The number of ether oxygens (including phenoxy) is 1. The fourth-order valence-electron chi connectivity index (χ4n) is 1.47. The van der Waals surface area contributed by atoms with E-state index in [9.17, 15) is 5.11 Å². The van der Waals surface area contributed by atoms with Crippen molar-refractivity contribution in [2.75, 3.05) is 26.3 Å². The summed E-state index contributed by atoms with van der Waals surface area (Å²) in [7, 11) is 0. The van der Waals surface area contributed by atoms with Gasteiger partial charge in [0.25, 0.3) is 0 Å². The van der Waals surface area contributed by atoms with Crippen LogP contribution in [0.1, 0.15) is 12.8 Å². The molecular weight excluding hydrogens is 190 g/mol. The second-order valence-electron chi connectivity index (χ2n) is 3.29. The van der Waals surface area contributed by atoms with Crippen molar-refractivity contribution in [3.63, 3.8) is 0 Å². The molecule has 0 saturated carbocycles. The number of rotatable bonds is 3. The highest BCUT2D eigenvalue weighted by atomic mass is 16.5. The minimum Gasteiger partial charge on any atom is -0.495 e. The van der Waals surface area contributed by atoms with E-state index in [2.05, 4.69) is 11.8 Å². The van der Waals surface area contributed by atoms with Gasteiger partial charge in [0.2, 0.25) is 0 Å². The van der Waals surface area contributed by atoms with Gasteiger partial charge in [0.15, 0.2) is 5.88 Å². The fourth-order valence-corrected chi connectivity index (χ4v) is 1.47. The van der Waals surface area contributed by atoms with Crippen LogP contribution in [0.3, 0.4) is 0 Å². The van der Waals surface area contributed by atoms with Crippen molar-refractivity contribution in [2.45, 2.75) is 12.8 Å². The molecule has 0 aromatic carbocycles. The lowest BCUT2D eigenvalue weighted by Crippen LogP contribution is -2.36. The van der Waals surface area contributed by atoms with Crippen LogP contribution < -0.4 is 0 Å². The molecule has 15 heavy (non-hydrogen) atoms. The second kappa shape index (κ2) is 6.01. The van der Waals surface area contributed by atoms with E-state index in [-0.39, 0.29) is 5.88 Å². The van der Waals surface area contributed by atoms with Gasteiger partial charge < -0.3 is 14.7 Å². The highest BCUT2D eigenvalue weighted by molar-refractivity contribution is 5.19. The van der Waals surface area contributed by atoms with Gasteiger partial charge in [-0.25, -0.2) is 0 Å². The van der Waals surface area contributed by atoms with Crippen molar-refractivity contribution in [2.24, 2.45) is 0 Å². The third-order valence-corrected chi connectivity index (χ3v) is 2.26. The molecule has 0 atom stereocenters. The Kier molecular flexibility index (Phi) is 4.60. The largest absolute Gasteiger partial charge is 0.495 e. The quantitative estimate of drug-likeness (QED) is 0.554. The summed E-state index contributed by atoms with van der Waals surface area (Å²) in [4.78, 5) is 1.85. The van der Waals surface area contributed by atoms with Crippen LogP contribution in [0.15, 0.2) is 11.5 Å². The number of allylic oxidation sites excluding steroid dienone is 1. The summed E-state index contributed by atoms with van der Waals surface area (Å²) < 4.78 is 5.19. The molecule has 0 aliphatic carbocycles. The van der Waals surface area contributed by atoms with Crippen molar-refractivity contribution >= 4 is 0 Å². The number of hydrogen-bond donors (Lipinski definition) is 1. The predicted octanol–water partition coefficient (Wildman–Crippen LogP) is 1.13. The van der Waals surface area contributed by atoms with Crippen LogP contribution in [0.5, 0.6) is 0 Å². The van der Waals surface area contributed by atoms with Gasteiger partial charge in [0.05, 0.1) is 13.2 Å². The van der Waals surface area contributed by atoms with Gasteiger partial charge in [-0.1, -0.05) is 0 Å². The molecule has 1 aliphatic rings. The highest BCUT2D eigenvalue weighted by Gasteiger charge is 2.15. The molecule has 0 radical (unpaired) electrons. The summed E-state index contributed by atoms with van der Waals surface area (Å²) in [6, 6.07) is 0. The molecule has 0 bridgehead atoms. The summed E-state index contributed by atoms with van der Waals surface area (Å²) >= 11 is 0. The molecule has 80 valence electrons. The lowest BCUT2D eigenvalue weighted by Gasteiger charge is -2.28. The molecule has 0 spiro atoms. The first-order chi connectivity index (χ1) is 7.29. The zero-order valence-corrected chi connectivity index (χ0v) is 8.70. The molecule has 3 heteroatoms. The molecule has 1 saturated heterocycles. The first kappa shape index (κ1) is 11.5.